The predicted molar refractivity (Wildman–Crippen MR) is 123 cm³/mol. The van der Waals surface area contributed by atoms with Gasteiger partial charge in [-0.1, -0.05) is 0 Å². The molecule has 0 saturated heterocycles. The topological polar surface area (TPSA) is 114 Å². The number of benzene rings is 2. The van der Waals surface area contributed by atoms with E-state index in [1.54, 1.807) is 24.3 Å². The summed E-state index contributed by atoms with van der Waals surface area (Å²) in [6, 6.07) is 10.7. The molecule has 2 aromatic carbocycles. The summed E-state index contributed by atoms with van der Waals surface area (Å²) in [6.07, 6.45) is 2.05. The first-order valence-electron chi connectivity index (χ1n) is 11.4. The summed E-state index contributed by atoms with van der Waals surface area (Å²) in [7, 11) is 0. The Morgan fingerprint density at radius 1 is 0.941 bits per heavy atom. The smallest absolute Gasteiger partial charge is 0.306 e. The van der Waals surface area contributed by atoms with Gasteiger partial charge in [0.1, 0.15) is 17.3 Å². The van der Waals surface area contributed by atoms with Crippen LogP contribution in [0.2, 0.25) is 0 Å². The van der Waals surface area contributed by atoms with Crippen LogP contribution >= 0.6 is 0 Å². The number of nitrogens with one attached hydrogen (secondary N) is 2. The highest BCUT2D eigenvalue weighted by Crippen LogP contribution is 2.28. The highest BCUT2D eigenvalue weighted by Gasteiger charge is 2.27. The second kappa shape index (κ2) is 12.0. The Morgan fingerprint density at radius 3 is 2.15 bits per heavy atom. The van der Waals surface area contributed by atoms with E-state index < -0.39 is 17.7 Å². The van der Waals surface area contributed by atoms with Crippen LogP contribution in [0.1, 0.15) is 53.3 Å². The molecule has 9 heteroatoms. The number of hydrogen-bond acceptors (Lipinski definition) is 5. The second-order valence-electron chi connectivity index (χ2n) is 8.04. The maximum Gasteiger partial charge on any atom is 0.306 e. The van der Waals surface area contributed by atoms with Gasteiger partial charge in [-0.25, -0.2) is 4.39 Å². The lowest BCUT2D eigenvalue weighted by Gasteiger charge is -2.26. The van der Waals surface area contributed by atoms with E-state index in [4.69, 9.17) is 14.6 Å². The monoisotopic (exact) mass is 472 g/mol. The first-order chi connectivity index (χ1) is 16.4. The Morgan fingerprint density at radius 2 is 1.56 bits per heavy atom. The Labute approximate surface area is 197 Å². The molecule has 182 valence electrons. The number of hydrogen-bond donors (Lipinski definition) is 3. The second-order valence-corrected chi connectivity index (χ2v) is 8.04. The van der Waals surface area contributed by atoms with E-state index in [1.165, 1.54) is 12.1 Å². The van der Waals surface area contributed by atoms with Gasteiger partial charge in [-0.15, -0.1) is 0 Å². The van der Waals surface area contributed by atoms with Crippen LogP contribution in [0.15, 0.2) is 42.5 Å². The summed E-state index contributed by atoms with van der Waals surface area (Å²) in [5, 5.41) is 14.3. The van der Waals surface area contributed by atoms with Gasteiger partial charge in [0.05, 0.1) is 24.2 Å². The van der Waals surface area contributed by atoms with Crippen molar-refractivity contribution in [3.8, 4) is 11.5 Å². The Hall–Kier alpha value is -3.62. The molecule has 1 fully saturated rings. The molecular formula is C25H29FN2O6. The molecule has 2 aromatic rings. The molecule has 3 N–H and O–H groups in total. The standard InChI is InChI=1S/C25H29FN2O6/c1-2-33-18-7-3-16(4-8-18)23(29)27-13-14-28-24(30)21-12-11-20(15-22(21)26)34-19-9-5-17(6-10-19)25(31)32/h3-4,7-8,11-12,15,17,19H,2,5-6,9-10,13-14H2,1H3,(H,27,29)(H,28,30)(H,31,32)/t17-,19+. The van der Waals surface area contributed by atoms with Gasteiger partial charge in [-0.05, 0) is 69.0 Å². The molecule has 1 aliphatic carbocycles. The maximum atomic E-state index is 14.5. The van der Waals surface area contributed by atoms with E-state index in [-0.39, 0.29) is 36.6 Å². The van der Waals surface area contributed by atoms with Gasteiger partial charge in [0, 0.05) is 24.7 Å². The fourth-order valence-electron chi connectivity index (χ4n) is 3.79. The van der Waals surface area contributed by atoms with Crippen molar-refractivity contribution >= 4 is 17.8 Å². The minimum absolute atomic E-state index is 0.125. The molecule has 0 atom stereocenters. The van der Waals surface area contributed by atoms with E-state index in [2.05, 4.69) is 10.6 Å². The fourth-order valence-corrected chi connectivity index (χ4v) is 3.79. The zero-order chi connectivity index (χ0) is 24.5. The van der Waals surface area contributed by atoms with Crippen molar-refractivity contribution in [1.29, 1.82) is 0 Å². The Bertz CT molecular complexity index is 1000. The van der Waals surface area contributed by atoms with Crippen molar-refractivity contribution < 1.29 is 33.4 Å². The summed E-state index contributed by atoms with van der Waals surface area (Å²) in [5.74, 6) is -1.77. The van der Waals surface area contributed by atoms with Crippen molar-refractivity contribution in [2.75, 3.05) is 19.7 Å². The number of rotatable bonds is 10. The van der Waals surface area contributed by atoms with Gasteiger partial charge in [-0.2, -0.15) is 0 Å². The average Bonchev–Trinajstić information content (AvgIpc) is 2.82. The zero-order valence-electron chi connectivity index (χ0n) is 19.0. The lowest BCUT2D eigenvalue weighted by Crippen LogP contribution is -2.35. The first-order valence-corrected chi connectivity index (χ1v) is 11.4. The Balaban J connectivity index is 1.42. The third-order valence-corrected chi connectivity index (χ3v) is 5.63. The molecule has 0 bridgehead atoms. The molecule has 34 heavy (non-hydrogen) atoms. The number of carboxylic acids is 1. The maximum absolute atomic E-state index is 14.5. The third-order valence-electron chi connectivity index (χ3n) is 5.63. The molecule has 3 rings (SSSR count). The lowest BCUT2D eigenvalue weighted by molar-refractivity contribution is -0.143. The molecule has 0 aromatic heterocycles. The minimum Gasteiger partial charge on any atom is -0.494 e. The van der Waals surface area contributed by atoms with Gasteiger partial charge in [0.2, 0.25) is 0 Å². The van der Waals surface area contributed by atoms with Crippen LogP contribution in [0.3, 0.4) is 0 Å². The normalized spacial score (nSPS) is 17.5. The van der Waals surface area contributed by atoms with Crippen molar-refractivity contribution in [3.05, 3.63) is 59.4 Å². The molecule has 8 nitrogen and oxygen atoms in total. The number of carboxylic acid groups (broad SMARTS) is 1. The fraction of sp³-hybridized carbons (Fsp3) is 0.400. The lowest BCUT2D eigenvalue weighted by atomic mass is 9.87. The highest BCUT2D eigenvalue weighted by molar-refractivity contribution is 5.95. The average molecular weight is 473 g/mol. The highest BCUT2D eigenvalue weighted by atomic mass is 19.1. The summed E-state index contributed by atoms with van der Waals surface area (Å²) >= 11 is 0. The zero-order valence-corrected chi connectivity index (χ0v) is 19.0. The van der Waals surface area contributed by atoms with Gasteiger partial charge >= 0.3 is 5.97 Å². The Kier molecular flexibility index (Phi) is 8.84. The summed E-state index contributed by atoms with van der Waals surface area (Å²) in [6.45, 7) is 2.72. The van der Waals surface area contributed by atoms with E-state index in [0.29, 0.717) is 49.4 Å². The van der Waals surface area contributed by atoms with Crippen LogP contribution in [-0.4, -0.2) is 48.7 Å². The molecule has 0 aliphatic heterocycles. The number of carbonyl (C=O) groups is 3. The van der Waals surface area contributed by atoms with Gasteiger partial charge < -0.3 is 25.2 Å². The van der Waals surface area contributed by atoms with Crippen LogP contribution < -0.4 is 20.1 Å². The van der Waals surface area contributed by atoms with Crippen molar-refractivity contribution in [2.45, 2.75) is 38.7 Å². The molecule has 1 saturated carbocycles. The number of carbonyl (C=O) groups excluding carboxylic acids is 2. The number of halogens is 1. The summed E-state index contributed by atoms with van der Waals surface area (Å²) in [4.78, 5) is 35.5. The van der Waals surface area contributed by atoms with Crippen LogP contribution in [0.5, 0.6) is 11.5 Å². The molecule has 2 amide bonds. The van der Waals surface area contributed by atoms with Crippen LogP contribution in [0.4, 0.5) is 4.39 Å². The molecule has 0 unspecified atom stereocenters. The number of amides is 2. The van der Waals surface area contributed by atoms with E-state index >= 15 is 0 Å². The van der Waals surface area contributed by atoms with E-state index in [9.17, 15) is 18.8 Å². The third kappa shape index (κ3) is 6.94. The summed E-state index contributed by atoms with van der Waals surface area (Å²) < 4.78 is 25.6. The molecule has 1 aliphatic rings. The molecule has 0 radical (unpaired) electrons. The summed E-state index contributed by atoms with van der Waals surface area (Å²) in [5.41, 5.74) is 0.340. The van der Waals surface area contributed by atoms with Gasteiger partial charge in [-0.3, -0.25) is 14.4 Å². The van der Waals surface area contributed by atoms with Crippen LogP contribution in [0, 0.1) is 11.7 Å². The molecular weight excluding hydrogens is 443 g/mol. The van der Waals surface area contributed by atoms with E-state index in [1.807, 2.05) is 6.92 Å². The van der Waals surface area contributed by atoms with Crippen LogP contribution in [-0.2, 0) is 4.79 Å². The molecule has 0 spiro atoms. The minimum atomic E-state index is -0.796. The van der Waals surface area contributed by atoms with Gasteiger partial charge in [0.15, 0.2) is 0 Å². The SMILES string of the molecule is CCOc1ccc(C(=O)NCCNC(=O)c2ccc(O[C@H]3CC[C@@H](C(=O)O)CC3)cc2F)cc1. The van der Waals surface area contributed by atoms with Crippen LogP contribution in [0.25, 0.3) is 0 Å². The molecule has 0 heterocycles. The number of ether oxygens (including phenoxy) is 2. The van der Waals surface area contributed by atoms with Gasteiger partial charge in [0.25, 0.3) is 11.8 Å². The van der Waals surface area contributed by atoms with Crippen molar-refractivity contribution in [3.63, 3.8) is 0 Å². The largest absolute Gasteiger partial charge is 0.494 e. The predicted octanol–water partition coefficient (Wildman–Crippen LogP) is 3.41. The quantitative estimate of drug-likeness (QED) is 0.457. The first kappa shape index (κ1) is 25.0. The number of aliphatic carboxylic acids is 1. The van der Waals surface area contributed by atoms with E-state index in [0.717, 1.165) is 6.07 Å². The van der Waals surface area contributed by atoms with Crippen molar-refractivity contribution in [1.82, 2.24) is 10.6 Å². The van der Waals surface area contributed by atoms with Crippen molar-refractivity contribution in [2.24, 2.45) is 5.92 Å².